The van der Waals surface area contributed by atoms with Crippen molar-refractivity contribution in [3.05, 3.63) is 54.9 Å². The van der Waals surface area contributed by atoms with Crippen molar-refractivity contribution >= 4 is 23.5 Å². The summed E-state index contributed by atoms with van der Waals surface area (Å²) in [6.07, 6.45) is 5.43. The second-order valence-electron chi connectivity index (χ2n) is 8.54. The Morgan fingerprint density at radius 1 is 1.10 bits per heavy atom. The minimum Gasteiger partial charge on any atom is -0.380 e. The van der Waals surface area contributed by atoms with Gasteiger partial charge in [0.15, 0.2) is 5.72 Å². The van der Waals surface area contributed by atoms with Crippen molar-refractivity contribution in [2.24, 2.45) is 0 Å². The lowest BCUT2D eigenvalue weighted by atomic mass is 9.91. The molecule has 8 heteroatoms. The monoisotopic (exact) mass is 440 g/mol. The quantitative estimate of drug-likeness (QED) is 0.663. The Kier molecular flexibility index (Phi) is 5.64. The maximum absolute atomic E-state index is 13.2. The van der Waals surface area contributed by atoms with E-state index in [1.165, 1.54) is 5.69 Å². The van der Waals surface area contributed by atoms with Crippen LogP contribution in [0.25, 0.3) is 0 Å². The third kappa shape index (κ3) is 4.05. The van der Waals surface area contributed by atoms with Crippen molar-refractivity contribution in [3.63, 3.8) is 0 Å². The van der Waals surface area contributed by atoms with E-state index in [0.717, 1.165) is 30.8 Å². The molecule has 1 spiro atoms. The van der Waals surface area contributed by atoms with E-state index in [4.69, 9.17) is 9.47 Å². The average Bonchev–Trinajstić information content (AvgIpc) is 3.10. The molecule has 31 heavy (non-hydrogen) atoms. The fourth-order valence-electron chi connectivity index (χ4n) is 4.98. The first-order valence-corrected chi connectivity index (χ1v) is 11.5. The van der Waals surface area contributed by atoms with Crippen LogP contribution in [0.5, 0.6) is 0 Å². The lowest BCUT2D eigenvalue weighted by Gasteiger charge is -2.44. The highest BCUT2D eigenvalue weighted by Crippen LogP contribution is 2.44. The summed E-state index contributed by atoms with van der Waals surface area (Å²) in [5.74, 6) is 0.111. The van der Waals surface area contributed by atoms with Crippen LogP contribution in [0.15, 0.2) is 59.8 Å². The molecule has 3 aliphatic heterocycles. The van der Waals surface area contributed by atoms with Crippen LogP contribution in [0.2, 0.25) is 0 Å². The van der Waals surface area contributed by atoms with Gasteiger partial charge in [-0.3, -0.25) is 9.78 Å². The highest BCUT2D eigenvalue weighted by molar-refractivity contribution is 7.97. The number of hydrogen-bond acceptors (Lipinski definition) is 7. The van der Waals surface area contributed by atoms with Gasteiger partial charge in [-0.2, -0.15) is 0 Å². The molecule has 1 amide bonds. The van der Waals surface area contributed by atoms with Gasteiger partial charge in [-0.05, 0) is 49.1 Å². The van der Waals surface area contributed by atoms with Crippen LogP contribution in [0.3, 0.4) is 0 Å². The minimum absolute atomic E-state index is 0.111. The molecule has 1 aromatic heterocycles. The van der Waals surface area contributed by atoms with Crippen LogP contribution >= 0.6 is 11.9 Å². The predicted octanol–water partition coefficient (Wildman–Crippen LogP) is 2.65. The van der Waals surface area contributed by atoms with Gasteiger partial charge in [0, 0.05) is 43.2 Å². The van der Waals surface area contributed by atoms with E-state index < -0.39 is 5.72 Å². The zero-order valence-corrected chi connectivity index (χ0v) is 18.6. The summed E-state index contributed by atoms with van der Waals surface area (Å²) in [6, 6.07) is 14.3. The van der Waals surface area contributed by atoms with E-state index in [1.54, 1.807) is 19.1 Å². The van der Waals surface area contributed by atoms with Gasteiger partial charge in [0.2, 0.25) is 5.91 Å². The molecule has 2 aromatic rings. The Morgan fingerprint density at radius 3 is 2.55 bits per heavy atom. The molecule has 3 aliphatic rings. The van der Waals surface area contributed by atoms with Gasteiger partial charge in [0.1, 0.15) is 0 Å². The smallest absolute Gasteiger partial charge is 0.240 e. The number of piperazine rings is 1. The Balaban J connectivity index is 1.33. The third-order valence-electron chi connectivity index (χ3n) is 6.43. The molecule has 3 saturated heterocycles. The Bertz CT molecular complexity index is 908. The topological polar surface area (TPSA) is 58.1 Å². The number of benzene rings is 1. The van der Waals surface area contributed by atoms with E-state index in [-0.39, 0.29) is 11.5 Å². The van der Waals surface area contributed by atoms with E-state index in [9.17, 15) is 4.79 Å². The zero-order valence-electron chi connectivity index (χ0n) is 17.8. The van der Waals surface area contributed by atoms with Crippen molar-refractivity contribution in [1.82, 2.24) is 14.2 Å². The van der Waals surface area contributed by atoms with E-state index in [1.807, 2.05) is 47.6 Å². The van der Waals surface area contributed by atoms with Crippen molar-refractivity contribution in [3.8, 4) is 0 Å². The number of methoxy groups -OCH3 is 1. The summed E-state index contributed by atoms with van der Waals surface area (Å²) in [4.78, 5) is 22.7. The third-order valence-corrected chi connectivity index (χ3v) is 7.43. The molecule has 3 fully saturated rings. The number of pyridine rings is 1. The molecule has 1 unspecified atom stereocenters. The van der Waals surface area contributed by atoms with Crippen molar-refractivity contribution in [1.29, 1.82) is 0 Å². The average molecular weight is 441 g/mol. The molecule has 0 bridgehead atoms. The van der Waals surface area contributed by atoms with Crippen LogP contribution < -0.4 is 4.90 Å². The van der Waals surface area contributed by atoms with Crippen LogP contribution in [-0.4, -0.2) is 77.9 Å². The number of carbonyl (C=O) groups is 1. The lowest BCUT2D eigenvalue weighted by Crippen LogP contribution is -2.63. The first-order valence-electron chi connectivity index (χ1n) is 10.7. The maximum atomic E-state index is 13.2. The number of rotatable bonds is 5. The maximum Gasteiger partial charge on any atom is 0.240 e. The van der Waals surface area contributed by atoms with Crippen LogP contribution in [0.1, 0.15) is 12.8 Å². The number of piperidine rings is 1. The molecule has 1 atom stereocenters. The van der Waals surface area contributed by atoms with Gasteiger partial charge < -0.3 is 19.3 Å². The van der Waals surface area contributed by atoms with Gasteiger partial charge in [0.25, 0.3) is 0 Å². The molecular weight excluding hydrogens is 412 g/mol. The number of anilines is 1. The highest BCUT2D eigenvalue weighted by atomic mass is 32.2. The lowest BCUT2D eigenvalue weighted by molar-refractivity contribution is -0.193. The summed E-state index contributed by atoms with van der Waals surface area (Å²) >= 11 is 1.61. The normalized spacial score (nSPS) is 25.8. The van der Waals surface area contributed by atoms with Gasteiger partial charge in [-0.25, -0.2) is 4.31 Å². The largest absolute Gasteiger partial charge is 0.380 e. The summed E-state index contributed by atoms with van der Waals surface area (Å²) < 4.78 is 14.5. The molecule has 0 saturated carbocycles. The second kappa shape index (κ2) is 8.43. The molecule has 164 valence electrons. The minimum atomic E-state index is -0.731. The van der Waals surface area contributed by atoms with E-state index in [0.29, 0.717) is 26.2 Å². The fraction of sp³-hybridized carbons (Fsp3) is 0.478. The van der Waals surface area contributed by atoms with Crippen LogP contribution in [-0.2, 0) is 14.3 Å². The zero-order chi connectivity index (χ0) is 21.3. The fourth-order valence-corrected chi connectivity index (χ4v) is 6.00. The predicted molar refractivity (Wildman–Crippen MR) is 120 cm³/mol. The van der Waals surface area contributed by atoms with Gasteiger partial charge in [-0.15, -0.1) is 0 Å². The molecule has 1 aromatic carbocycles. The van der Waals surface area contributed by atoms with Crippen molar-refractivity contribution < 1.29 is 14.3 Å². The number of fused-ring (bicyclic) bond motifs is 1. The Labute approximate surface area is 187 Å². The van der Waals surface area contributed by atoms with Crippen molar-refractivity contribution in [2.75, 3.05) is 51.3 Å². The number of ether oxygens (including phenoxy) is 2. The first-order chi connectivity index (χ1) is 15.1. The molecule has 4 heterocycles. The standard InChI is InChI=1S/C23H28N4O3S/c1-29-18-23-17-26(31-20-5-3-2-4-6-20)15-21(28)27(23)16-22(30-23)9-13-25(14-10-22)19-7-11-24-12-8-19/h2-8,11-12H,9-10,13-18H2,1H3. The summed E-state index contributed by atoms with van der Waals surface area (Å²) in [5, 5.41) is 0. The SMILES string of the molecule is COCC12CN(Sc3ccccc3)CC(=O)N1CC1(CCN(c3ccncc3)CC1)O2. The number of carbonyl (C=O) groups excluding carboxylic acids is 1. The van der Waals surface area contributed by atoms with E-state index >= 15 is 0 Å². The number of aromatic nitrogens is 1. The van der Waals surface area contributed by atoms with Crippen LogP contribution in [0, 0.1) is 0 Å². The molecule has 5 rings (SSSR count). The number of amides is 1. The molecular formula is C23H28N4O3S. The first kappa shape index (κ1) is 20.8. The second-order valence-corrected chi connectivity index (χ2v) is 9.71. The molecule has 0 radical (unpaired) electrons. The van der Waals surface area contributed by atoms with Gasteiger partial charge >= 0.3 is 0 Å². The molecule has 7 nitrogen and oxygen atoms in total. The van der Waals surface area contributed by atoms with Crippen molar-refractivity contribution in [2.45, 2.75) is 29.1 Å². The summed E-state index contributed by atoms with van der Waals surface area (Å²) in [7, 11) is 1.68. The number of nitrogens with zero attached hydrogens (tertiary/aromatic N) is 4. The Hall–Kier alpha value is -2.13. The molecule has 0 aliphatic carbocycles. The van der Waals surface area contributed by atoms with Gasteiger partial charge in [0.05, 0.1) is 31.8 Å². The van der Waals surface area contributed by atoms with E-state index in [2.05, 4.69) is 26.3 Å². The molecule has 0 N–H and O–H groups in total. The van der Waals surface area contributed by atoms with Crippen LogP contribution in [0.4, 0.5) is 5.69 Å². The highest BCUT2D eigenvalue weighted by Gasteiger charge is 2.59. The summed E-state index contributed by atoms with van der Waals surface area (Å²) in [5.41, 5.74) is 0.143. The number of hydrogen-bond donors (Lipinski definition) is 0. The Morgan fingerprint density at radius 2 is 1.84 bits per heavy atom. The summed E-state index contributed by atoms with van der Waals surface area (Å²) in [6.45, 7) is 3.83. The van der Waals surface area contributed by atoms with Gasteiger partial charge in [-0.1, -0.05) is 18.2 Å².